The zero-order chi connectivity index (χ0) is 13.9. The van der Waals surface area contributed by atoms with Crippen molar-refractivity contribution in [2.24, 2.45) is 0 Å². The molecule has 0 bridgehead atoms. The van der Waals surface area contributed by atoms with Crippen LogP contribution in [0.4, 0.5) is 0 Å². The van der Waals surface area contributed by atoms with Crippen molar-refractivity contribution in [1.82, 2.24) is 15.3 Å². The highest BCUT2D eigenvalue weighted by molar-refractivity contribution is 5.62. The highest BCUT2D eigenvalue weighted by atomic mass is 16.5. The van der Waals surface area contributed by atoms with Gasteiger partial charge in [0, 0.05) is 17.8 Å². The van der Waals surface area contributed by atoms with Gasteiger partial charge in [0.25, 0.3) is 0 Å². The summed E-state index contributed by atoms with van der Waals surface area (Å²) >= 11 is 0. The predicted octanol–water partition coefficient (Wildman–Crippen LogP) is 2.86. The van der Waals surface area contributed by atoms with Crippen LogP contribution in [0.25, 0.3) is 11.3 Å². The minimum Gasteiger partial charge on any atom is -0.378 e. The summed E-state index contributed by atoms with van der Waals surface area (Å²) in [5.41, 5.74) is 3.41. The molecule has 1 aliphatic heterocycles. The number of imidazole rings is 1. The summed E-state index contributed by atoms with van der Waals surface area (Å²) in [6.07, 6.45) is 0. The summed E-state index contributed by atoms with van der Waals surface area (Å²) in [6, 6.07) is 10.5. The van der Waals surface area contributed by atoms with Crippen LogP contribution in [-0.2, 0) is 4.74 Å². The van der Waals surface area contributed by atoms with E-state index in [1.807, 2.05) is 6.07 Å². The lowest BCUT2D eigenvalue weighted by molar-refractivity contribution is 0.0744. The van der Waals surface area contributed by atoms with Gasteiger partial charge in [0.1, 0.15) is 5.82 Å². The second-order valence-electron chi connectivity index (χ2n) is 5.49. The number of H-pyrrole nitrogens is 1. The van der Waals surface area contributed by atoms with Crippen molar-refractivity contribution in [3.63, 3.8) is 0 Å². The number of hydrogen-bond donors (Lipinski definition) is 2. The Bertz CT molecular complexity index is 556. The second-order valence-corrected chi connectivity index (χ2v) is 5.49. The molecule has 4 nitrogen and oxygen atoms in total. The van der Waals surface area contributed by atoms with Gasteiger partial charge in [0.15, 0.2) is 0 Å². The third-order valence-electron chi connectivity index (χ3n) is 3.63. The number of hydrogen-bond acceptors (Lipinski definition) is 3. The fourth-order valence-electron chi connectivity index (χ4n) is 2.55. The van der Waals surface area contributed by atoms with Crippen molar-refractivity contribution in [3.8, 4) is 11.3 Å². The van der Waals surface area contributed by atoms with E-state index in [4.69, 9.17) is 9.72 Å². The second kappa shape index (κ2) is 5.77. The van der Waals surface area contributed by atoms with Crippen LogP contribution >= 0.6 is 0 Å². The van der Waals surface area contributed by atoms with Crippen molar-refractivity contribution < 1.29 is 4.74 Å². The fourth-order valence-corrected chi connectivity index (χ4v) is 2.55. The Hall–Kier alpha value is -1.65. The normalized spacial score (nSPS) is 19.4. The van der Waals surface area contributed by atoms with Crippen LogP contribution in [0.1, 0.15) is 37.3 Å². The van der Waals surface area contributed by atoms with E-state index < -0.39 is 0 Å². The molecule has 1 aliphatic rings. The number of morpholine rings is 1. The standard InChI is InChI=1S/C16H21N3O/c1-11(2)14-15(12-6-4-3-5-7-12)19-16(18-14)13-10-20-9-8-17-13/h3-7,11,13,17H,8-10H2,1-2H3,(H,18,19). The van der Waals surface area contributed by atoms with Crippen molar-refractivity contribution in [3.05, 3.63) is 41.9 Å². The fraction of sp³-hybridized carbons (Fsp3) is 0.438. The molecule has 2 aromatic rings. The number of ether oxygens (including phenoxy) is 1. The van der Waals surface area contributed by atoms with Crippen LogP contribution in [0.5, 0.6) is 0 Å². The third kappa shape index (κ3) is 2.62. The Balaban J connectivity index is 1.98. The van der Waals surface area contributed by atoms with Gasteiger partial charge in [0.2, 0.25) is 0 Å². The molecule has 0 amide bonds. The molecule has 1 aromatic heterocycles. The molecule has 0 aliphatic carbocycles. The minimum atomic E-state index is 0.165. The molecule has 0 radical (unpaired) electrons. The zero-order valence-electron chi connectivity index (χ0n) is 12.0. The van der Waals surface area contributed by atoms with Crippen LogP contribution in [0.15, 0.2) is 30.3 Å². The smallest absolute Gasteiger partial charge is 0.126 e. The van der Waals surface area contributed by atoms with Gasteiger partial charge in [-0.25, -0.2) is 4.98 Å². The van der Waals surface area contributed by atoms with Crippen LogP contribution in [-0.4, -0.2) is 29.7 Å². The Morgan fingerprint density at radius 3 is 2.70 bits per heavy atom. The largest absolute Gasteiger partial charge is 0.378 e. The number of aromatic amines is 1. The maximum Gasteiger partial charge on any atom is 0.126 e. The quantitative estimate of drug-likeness (QED) is 0.902. The van der Waals surface area contributed by atoms with Crippen molar-refractivity contribution in [1.29, 1.82) is 0 Å². The Morgan fingerprint density at radius 1 is 1.25 bits per heavy atom. The number of benzene rings is 1. The van der Waals surface area contributed by atoms with Crippen molar-refractivity contribution in [2.75, 3.05) is 19.8 Å². The lowest BCUT2D eigenvalue weighted by atomic mass is 10.0. The van der Waals surface area contributed by atoms with Gasteiger partial charge in [-0.15, -0.1) is 0 Å². The summed E-state index contributed by atoms with van der Waals surface area (Å²) in [6.45, 7) is 6.71. The first-order chi connectivity index (χ1) is 9.75. The van der Waals surface area contributed by atoms with Crippen LogP contribution in [0.3, 0.4) is 0 Å². The van der Waals surface area contributed by atoms with Gasteiger partial charge in [0.05, 0.1) is 24.9 Å². The first-order valence-corrected chi connectivity index (χ1v) is 7.22. The van der Waals surface area contributed by atoms with Gasteiger partial charge in [-0.3, -0.25) is 0 Å². The first kappa shape index (κ1) is 13.3. The van der Waals surface area contributed by atoms with Crippen LogP contribution < -0.4 is 5.32 Å². The highest BCUT2D eigenvalue weighted by Crippen LogP contribution is 2.29. The summed E-state index contributed by atoms with van der Waals surface area (Å²) in [5.74, 6) is 1.39. The number of rotatable bonds is 3. The van der Waals surface area contributed by atoms with Gasteiger partial charge in [-0.1, -0.05) is 44.2 Å². The molecule has 1 aromatic carbocycles. The van der Waals surface area contributed by atoms with Gasteiger partial charge < -0.3 is 15.0 Å². The molecule has 20 heavy (non-hydrogen) atoms. The molecule has 0 spiro atoms. The Labute approximate surface area is 119 Å². The van der Waals surface area contributed by atoms with E-state index in [0.717, 1.165) is 30.2 Å². The monoisotopic (exact) mass is 271 g/mol. The molecule has 4 heteroatoms. The van der Waals surface area contributed by atoms with Gasteiger partial charge in [-0.05, 0) is 5.92 Å². The van der Waals surface area contributed by atoms with E-state index >= 15 is 0 Å². The molecule has 3 rings (SSSR count). The predicted molar refractivity (Wildman–Crippen MR) is 79.7 cm³/mol. The summed E-state index contributed by atoms with van der Waals surface area (Å²) in [7, 11) is 0. The van der Waals surface area contributed by atoms with E-state index in [2.05, 4.69) is 48.4 Å². The molecule has 1 saturated heterocycles. The van der Waals surface area contributed by atoms with Crippen molar-refractivity contribution in [2.45, 2.75) is 25.8 Å². The summed E-state index contributed by atoms with van der Waals surface area (Å²) in [5, 5.41) is 3.45. The Kier molecular flexibility index (Phi) is 3.85. The molecule has 0 saturated carbocycles. The van der Waals surface area contributed by atoms with E-state index in [9.17, 15) is 0 Å². The highest BCUT2D eigenvalue weighted by Gasteiger charge is 2.22. The molecule has 1 atom stereocenters. The van der Waals surface area contributed by atoms with E-state index in [1.54, 1.807) is 0 Å². The topological polar surface area (TPSA) is 49.9 Å². The van der Waals surface area contributed by atoms with E-state index in [1.165, 1.54) is 5.69 Å². The maximum absolute atomic E-state index is 5.53. The zero-order valence-corrected chi connectivity index (χ0v) is 12.0. The molecule has 2 heterocycles. The number of nitrogens with zero attached hydrogens (tertiary/aromatic N) is 1. The number of nitrogens with one attached hydrogen (secondary N) is 2. The number of aromatic nitrogens is 2. The van der Waals surface area contributed by atoms with Crippen LogP contribution in [0.2, 0.25) is 0 Å². The first-order valence-electron chi connectivity index (χ1n) is 7.22. The SMILES string of the molecule is CC(C)c1[nH]c(C2COCCN2)nc1-c1ccccc1. The van der Waals surface area contributed by atoms with E-state index in [-0.39, 0.29) is 6.04 Å². The average molecular weight is 271 g/mol. The Morgan fingerprint density at radius 2 is 2.05 bits per heavy atom. The van der Waals surface area contributed by atoms with E-state index in [0.29, 0.717) is 12.5 Å². The lowest BCUT2D eigenvalue weighted by Crippen LogP contribution is -2.35. The van der Waals surface area contributed by atoms with Crippen LogP contribution in [0, 0.1) is 0 Å². The summed E-state index contributed by atoms with van der Waals surface area (Å²) < 4.78 is 5.53. The minimum absolute atomic E-state index is 0.165. The molecular formula is C16H21N3O. The molecule has 1 fully saturated rings. The third-order valence-corrected chi connectivity index (χ3v) is 3.63. The average Bonchev–Trinajstić information content (AvgIpc) is 2.94. The molecule has 2 N–H and O–H groups in total. The maximum atomic E-state index is 5.53. The molecule has 1 unspecified atom stereocenters. The lowest BCUT2D eigenvalue weighted by Gasteiger charge is -2.21. The molecular weight excluding hydrogens is 250 g/mol. The summed E-state index contributed by atoms with van der Waals surface area (Å²) in [4.78, 5) is 8.32. The van der Waals surface area contributed by atoms with Gasteiger partial charge in [-0.2, -0.15) is 0 Å². The van der Waals surface area contributed by atoms with Gasteiger partial charge >= 0.3 is 0 Å². The molecule has 106 valence electrons. The van der Waals surface area contributed by atoms with Crippen molar-refractivity contribution >= 4 is 0 Å².